The molecule has 0 aliphatic heterocycles. The van der Waals surface area contributed by atoms with Crippen LogP contribution in [0.3, 0.4) is 0 Å². The van der Waals surface area contributed by atoms with Gasteiger partial charge in [0.1, 0.15) is 5.82 Å². The first-order valence-corrected chi connectivity index (χ1v) is 7.67. The van der Waals surface area contributed by atoms with Crippen molar-refractivity contribution in [3.63, 3.8) is 0 Å². The molecule has 0 spiro atoms. The van der Waals surface area contributed by atoms with E-state index in [2.05, 4.69) is 5.10 Å². The summed E-state index contributed by atoms with van der Waals surface area (Å²) in [5.41, 5.74) is -0.536. The summed E-state index contributed by atoms with van der Waals surface area (Å²) in [6, 6.07) is 4.47. The molecule has 2 aromatic rings. The fourth-order valence-corrected chi connectivity index (χ4v) is 3.01. The fraction of sp³-hybridized carbons (Fsp3) is 0.200. The standard InChI is InChI=1S/C10H9Cl2N3O3S/c1-6-13-14(10(16)15(6)19(2,17)18)9-4-3-7(11)5-8(9)12/h3-5H,1-2H3. The molecule has 1 heterocycles. The second-order valence-corrected chi connectivity index (χ2v) is 6.54. The van der Waals surface area contributed by atoms with E-state index >= 15 is 0 Å². The minimum atomic E-state index is -3.72. The number of halogens is 2. The summed E-state index contributed by atoms with van der Waals surface area (Å²) >= 11 is 11.7. The highest BCUT2D eigenvalue weighted by Crippen LogP contribution is 2.23. The lowest BCUT2D eigenvalue weighted by atomic mass is 10.3. The van der Waals surface area contributed by atoms with Gasteiger partial charge >= 0.3 is 5.69 Å². The molecule has 9 heteroatoms. The summed E-state index contributed by atoms with van der Waals surface area (Å²) in [6.45, 7) is 1.42. The minimum absolute atomic E-state index is 0.0542. The average molecular weight is 322 g/mol. The van der Waals surface area contributed by atoms with Crippen LogP contribution in [0.15, 0.2) is 23.0 Å². The molecule has 1 aromatic carbocycles. The number of aromatic nitrogens is 3. The largest absolute Gasteiger partial charge is 0.364 e. The minimum Gasteiger partial charge on any atom is -0.244 e. The summed E-state index contributed by atoms with van der Waals surface area (Å²) in [6.07, 6.45) is 0.927. The maximum Gasteiger partial charge on any atom is 0.364 e. The van der Waals surface area contributed by atoms with Crippen LogP contribution in [-0.2, 0) is 10.0 Å². The summed E-state index contributed by atoms with van der Waals surface area (Å²) < 4.78 is 24.6. The zero-order valence-corrected chi connectivity index (χ0v) is 12.3. The molecule has 0 N–H and O–H groups in total. The van der Waals surface area contributed by atoms with Gasteiger partial charge in [0.15, 0.2) is 0 Å². The van der Waals surface area contributed by atoms with Crippen molar-refractivity contribution in [2.45, 2.75) is 6.92 Å². The first-order chi connectivity index (χ1) is 8.71. The molecular weight excluding hydrogens is 313 g/mol. The first kappa shape index (κ1) is 14.1. The Morgan fingerprint density at radius 1 is 1.26 bits per heavy atom. The fourth-order valence-electron chi connectivity index (χ4n) is 1.64. The lowest BCUT2D eigenvalue weighted by Crippen LogP contribution is -2.29. The van der Waals surface area contributed by atoms with Crippen LogP contribution in [0, 0.1) is 6.92 Å². The third-order valence-corrected chi connectivity index (χ3v) is 3.98. The molecule has 0 saturated carbocycles. The Hall–Kier alpha value is -1.31. The van der Waals surface area contributed by atoms with E-state index in [9.17, 15) is 13.2 Å². The van der Waals surface area contributed by atoms with E-state index in [1.54, 1.807) is 0 Å². The first-order valence-electron chi connectivity index (χ1n) is 5.06. The zero-order valence-electron chi connectivity index (χ0n) is 9.96. The predicted octanol–water partition coefficient (Wildman–Crippen LogP) is 1.46. The Bertz CT molecular complexity index is 808. The Balaban J connectivity index is 2.76. The molecule has 0 aliphatic carbocycles. The highest BCUT2D eigenvalue weighted by molar-refractivity contribution is 7.89. The molecule has 0 amide bonds. The van der Waals surface area contributed by atoms with E-state index in [0.29, 0.717) is 9.00 Å². The van der Waals surface area contributed by atoms with E-state index in [1.807, 2.05) is 0 Å². The van der Waals surface area contributed by atoms with Gasteiger partial charge in [0.05, 0.1) is 17.0 Å². The predicted molar refractivity (Wildman–Crippen MR) is 72.8 cm³/mol. The van der Waals surface area contributed by atoms with E-state index < -0.39 is 15.7 Å². The van der Waals surface area contributed by atoms with Crippen molar-refractivity contribution in [2.75, 3.05) is 6.26 Å². The molecule has 0 atom stereocenters. The number of aryl methyl sites for hydroxylation is 1. The van der Waals surface area contributed by atoms with Crippen molar-refractivity contribution >= 4 is 33.2 Å². The number of benzene rings is 1. The van der Waals surface area contributed by atoms with E-state index in [1.165, 1.54) is 25.1 Å². The topological polar surface area (TPSA) is 74.0 Å². The van der Waals surface area contributed by atoms with E-state index in [0.717, 1.165) is 10.9 Å². The third-order valence-electron chi connectivity index (χ3n) is 2.36. The molecule has 0 aliphatic rings. The smallest absolute Gasteiger partial charge is 0.244 e. The second-order valence-electron chi connectivity index (χ2n) is 3.86. The molecule has 2 rings (SSSR count). The van der Waals surface area contributed by atoms with Crippen molar-refractivity contribution in [1.82, 2.24) is 13.8 Å². The van der Waals surface area contributed by atoms with Gasteiger partial charge in [0, 0.05) is 5.02 Å². The van der Waals surface area contributed by atoms with Crippen LogP contribution in [0.2, 0.25) is 10.0 Å². The van der Waals surface area contributed by atoms with Crippen LogP contribution in [0.5, 0.6) is 0 Å². The lowest BCUT2D eigenvalue weighted by molar-refractivity contribution is 0.590. The molecule has 0 saturated heterocycles. The van der Waals surface area contributed by atoms with Crippen LogP contribution in [-0.4, -0.2) is 28.4 Å². The van der Waals surface area contributed by atoms with Gasteiger partial charge in [-0.2, -0.15) is 8.65 Å². The van der Waals surface area contributed by atoms with Gasteiger partial charge in [-0.1, -0.05) is 23.2 Å². The second kappa shape index (κ2) is 4.66. The van der Waals surface area contributed by atoms with Gasteiger partial charge < -0.3 is 0 Å². The van der Waals surface area contributed by atoms with Gasteiger partial charge in [0.2, 0.25) is 10.0 Å². The highest BCUT2D eigenvalue weighted by atomic mass is 35.5. The number of hydrogen-bond acceptors (Lipinski definition) is 4. The summed E-state index contributed by atoms with van der Waals surface area (Å²) in [4.78, 5) is 12.1. The summed E-state index contributed by atoms with van der Waals surface area (Å²) in [5, 5.41) is 4.50. The Morgan fingerprint density at radius 3 is 2.37 bits per heavy atom. The molecule has 0 bridgehead atoms. The van der Waals surface area contributed by atoms with E-state index in [4.69, 9.17) is 23.2 Å². The molecule has 6 nitrogen and oxygen atoms in total. The van der Waals surface area contributed by atoms with Gasteiger partial charge in [-0.3, -0.25) is 0 Å². The summed E-state index contributed by atoms with van der Waals surface area (Å²) in [5.74, 6) is 0.0542. The van der Waals surface area contributed by atoms with Crippen LogP contribution in [0.25, 0.3) is 5.69 Å². The van der Waals surface area contributed by atoms with Crippen LogP contribution >= 0.6 is 23.2 Å². The van der Waals surface area contributed by atoms with Crippen LogP contribution < -0.4 is 5.69 Å². The van der Waals surface area contributed by atoms with Crippen LogP contribution in [0.1, 0.15) is 5.82 Å². The Kier molecular flexibility index (Phi) is 3.46. The van der Waals surface area contributed by atoms with Crippen LogP contribution in [0.4, 0.5) is 0 Å². The van der Waals surface area contributed by atoms with E-state index in [-0.39, 0.29) is 16.5 Å². The van der Waals surface area contributed by atoms with Crippen molar-refractivity contribution in [1.29, 1.82) is 0 Å². The van der Waals surface area contributed by atoms with Crippen molar-refractivity contribution in [2.24, 2.45) is 0 Å². The SMILES string of the molecule is Cc1nn(-c2ccc(Cl)cc2Cl)c(=O)n1S(C)(=O)=O. The molecule has 0 fully saturated rings. The van der Waals surface area contributed by atoms with Gasteiger partial charge in [-0.05, 0) is 25.1 Å². The van der Waals surface area contributed by atoms with Gasteiger partial charge in [-0.25, -0.2) is 13.2 Å². The Morgan fingerprint density at radius 2 is 1.89 bits per heavy atom. The molecule has 0 radical (unpaired) electrons. The van der Waals surface area contributed by atoms with Gasteiger partial charge in [0.25, 0.3) is 0 Å². The third kappa shape index (κ3) is 2.54. The molecule has 0 unspecified atom stereocenters. The monoisotopic (exact) mass is 321 g/mol. The van der Waals surface area contributed by atoms with Crippen molar-refractivity contribution in [3.8, 4) is 5.69 Å². The zero-order chi connectivity index (χ0) is 14.4. The number of nitrogens with zero attached hydrogens (tertiary/aromatic N) is 3. The molecule has 19 heavy (non-hydrogen) atoms. The molecular formula is C10H9Cl2N3O3S. The maximum absolute atomic E-state index is 12.1. The normalized spacial score (nSPS) is 11.8. The van der Waals surface area contributed by atoms with Crippen molar-refractivity contribution < 1.29 is 8.42 Å². The highest BCUT2D eigenvalue weighted by Gasteiger charge is 2.19. The summed E-state index contributed by atoms with van der Waals surface area (Å²) in [7, 11) is -3.72. The molecule has 102 valence electrons. The average Bonchev–Trinajstić information content (AvgIpc) is 2.53. The Labute approximate surface area is 119 Å². The van der Waals surface area contributed by atoms with Crippen molar-refractivity contribution in [3.05, 3.63) is 44.6 Å². The number of hydrogen-bond donors (Lipinski definition) is 0. The molecule has 1 aromatic heterocycles. The lowest BCUT2D eigenvalue weighted by Gasteiger charge is -2.02. The van der Waals surface area contributed by atoms with Gasteiger partial charge in [-0.15, -0.1) is 5.10 Å². The maximum atomic E-state index is 12.1. The quantitative estimate of drug-likeness (QED) is 0.839. The number of rotatable bonds is 2.